The Hall–Kier alpha value is -2.21. The highest BCUT2D eigenvalue weighted by molar-refractivity contribution is 9.10. The number of pyridine rings is 1. The molecule has 3 rings (SSSR count). The van der Waals surface area contributed by atoms with Crippen molar-refractivity contribution < 1.29 is 9.63 Å². The van der Waals surface area contributed by atoms with Gasteiger partial charge in [-0.15, -0.1) is 0 Å². The lowest BCUT2D eigenvalue weighted by molar-refractivity contribution is 0.425. The third kappa shape index (κ3) is 2.42. The number of aromatic hydroxyl groups is 1. The predicted octanol–water partition coefficient (Wildman–Crippen LogP) is 3.58. The second-order valence-corrected chi connectivity index (χ2v) is 5.16. The first kappa shape index (κ1) is 12.8. The molecule has 0 unspecified atom stereocenters. The van der Waals surface area contributed by atoms with Crippen molar-refractivity contribution >= 4 is 15.9 Å². The fourth-order valence-electron chi connectivity index (χ4n) is 1.79. The van der Waals surface area contributed by atoms with Gasteiger partial charge >= 0.3 is 0 Å². The summed E-state index contributed by atoms with van der Waals surface area (Å²) in [4.78, 5) is 8.60. The number of rotatable bonds is 2. The summed E-state index contributed by atoms with van der Waals surface area (Å²) in [6.07, 6.45) is 0. The Bertz CT molecular complexity index is 771. The van der Waals surface area contributed by atoms with Gasteiger partial charge in [0.15, 0.2) is 0 Å². The molecule has 0 aliphatic carbocycles. The molecule has 0 amide bonds. The predicted molar refractivity (Wildman–Crippen MR) is 77.1 cm³/mol. The summed E-state index contributed by atoms with van der Waals surface area (Å²) < 4.78 is 5.97. The normalized spacial score (nSPS) is 10.7. The third-order valence-electron chi connectivity index (χ3n) is 2.73. The van der Waals surface area contributed by atoms with E-state index in [4.69, 9.17) is 4.52 Å². The van der Waals surface area contributed by atoms with E-state index in [-0.39, 0.29) is 11.6 Å². The van der Waals surface area contributed by atoms with E-state index in [0.29, 0.717) is 17.1 Å². The van der Waals surface area contributed by atoms with Gasteiger partial charge in [0.2, 0.25) is 5.82 Å². The second-order valence-electron chi connectivity index (χ2n) is 4.25. The van der Waals surface area contributed by atoms with Crippen LogP contribution >= 0.6 is 15.9 Å². The van der Waals surface area contributed by atoms with Gasteiger partial charge < -0.3 is 9.63 Å². The number of phenolic OH excluding ortho intramolecular Hbond substituents is 1. The van der Waals surface area contributed by atoms with Gasteiger partial charge in [-0.25, -0.2) is 4.98 Å². The van der Waals surface area contributed by atoms with E-state index < -0.39 is 0 Å². The number of hydrogen-bond acceptors (Lipinski definition) is 5. The number of aromatic nitrogens is 3. The zero-order chi connectivity index (χ0) is 14.1. The molecule has 0 saturated heterocycles. The van der Waals surface area contributed by atoms with Crippen LogP contribution in [0.3, 0.4) is 0 Å². The molecule has 6 heteroatoms. The van der Waals surface area contributed by atoms with E-state index in [9.17, 15) is 5.11 Å². The molecule has 0 aliphatic rings. The number of hydrogen-bond donors (Lipinski definition) is 1. The van der Waals surface area contributed by atoms with Crippen LogP contribution in [-0.4, -0.2) is 20.2 Å². The van der Waals surface area contributed by atoms with E-state index in [1.54, 1.807) is 18.2 Å². The minimum Gasteiger partial charge on any atom is -0.507 e. The summed E-state index contributed by atoms with van der Waals surface area (Å²) in [7, 11) is 0. The fraction of sp³-hybridized carbons (Fsp3) is 0.0714. The number of phenols is 1. The van der Waals surface area contributed by atoms with Crippen molar-refractivity contribution in [2.75, 3.05) is 0 Å². The summed E-state index contributed by atoms with van der Waals surface area (Å²) in [5.41, 5.74) is 2.00. The Labute approximate surface area is 123 Å². The topological polar surface area (TPSA) is 72.0 Å². The smallest absolute Gasteiger partial charge is 0.262 e. The highest BCUT2D eigenvalue weighted by Gasteiger charge is 2.14. The molecular formula is C14H10BrN3O2. The quantitative estimate of drug-likeness (QED) is 0.777. The average Bonchev–Trinajstić information content (AvgIpc) is 2.88. The van der Waals surface area contributed by atoms with Gasteiger partial charge in [-0.05, 0) is 37.3 Å². The molecule has 0 fully saturated rings. The first-order chi connectivity index (χ1) is 9.63. The van der Waals surface area contributed by atoms with Crippen LogP contribution in [0.2, 0.25) is 0 Å². The molecule has 20 heavy (non-hydrogen) atoms. The Kier molecular flexibility index (Phi) is 3.23. The molecule has 0 atom stereocenters. The lowest BCUT2D eigenvalue weighted by Gasteiger charge is -1.99. The molecule has 1 aromatic carbocycles. The van der Waals surface area contributed by atoms with Crippen LogP contribution in [-0.2, 0) is 0 Å². The van der Waals surface area contributed by atoms with E-state index in [1.165, 1.54) is 0 Å². The molecule has 2 aromatic heterocycles. The molecule has 3 aromatic rings. The first-order valence-electron chi connectivity index (χ1n) is 5.90. The lowest BCUT2D eigenvalue weighted by Crippen LogP contribution is -1.88. The number of nitrogens with zero attached hydrogens (tertiary/aromatic N) is 3. The first-order valence-corrected chi connectivity index (χ1v) is 6.69. The lowest BCUT2D eigenvalue weighted by atomic mass is 10.2. The summed E-state index contributed by atoms with van der Waals surface area (Å²) >= 11 is 3.28. The van der Waals surface area contributed by atoms with Gasteiger partial charge in [-0.3, -0.25) is 0 Å². The van der Waals surface area contributed by atoms with Crippen molar-refractivity contribution in [2.45, 2.75) is 6.92 Å². The standard InChI is InChI=1S/C14H10BrN3O2/c1-8-3-2-4-11(16-8)13-17-14(20-18-13)10-6-5-9(15)7-12(10)19/h2-7,19H,1H3. The van der Waals surface area contributed by atoms with Crippen LogP contribution in [0.25, 0.3) is 23.0 Å². The third-order valence-corrected chi connectivity index (χ3v) is 3.23. The number of aryl methyl sites for hydroxylation is 1. The molecule has 1 N–H and O–H groups in total. The monoisotopic (exact) mass is 331 g/mol. The van der Waals surface area contributed by atoms with Crippen LogP contribution in [0, 0.1) is 6.92 Å². The molecule has 0 bridgehead atoms. The Morgan fingerprint density at radius 1 is 1.15 bits per heavy atom. The summed E-state index contributed by atoms with van der Waals surface area (Å²) in [6, 6.07) is 10.7. The summed E-state index contributed by atoms with van der Waals surface area (Å²) in [5.74, 6) is 0.728. The molecule has 2 heterocycles. The van der Waals surface area contributed by atoms with Gasteiger partial charge in [0.1, 0.15) is 11.4 Å². The summed E-state index contributed by atoms with van der Waals surface area (Å²) in [6.45, 7) is 1.89. The van der Waals surface area contributed by atoms with Gasteiger partial charge in [-0.1, -0.05) is 27.2 Å². The maximum Gasteiger partial charge on any atom is 0.262 e. The molecule has 0 aliphatic heterocycles. The van der Waals surface area contributed by atoms with E-state index in [2.05, 4.69) is 31.1 Å². The SMILES string of the molecule is Cc1cccc(-c2noc(-c3ccc(Br)cc3O)n2)n1. The molecule has 0 radical (unpaired) electrons. The summed E-state index contributed by atoms with van der Waals surface area (Å²) in [5, 5.41) is 13.8. The van der Waals surface area contributed by atoms with Crippen molar-refractivity contribution in [3.8, 4) is 28.7 Å². The fourth-order valence-corrected chi connectivity index (χ4v) is 2.14. The van der Waals surface area contributed by atoms with Crippen LogP contribution in [0.1, 0.15) is 5.69 Å². The van der Waals surface area contributed by atoms with Gasteiger partial charge in [0.05, 0.1) is 5.56 Å². The van der Waals surface area contributed by atoms with Crippen molar-refractivity contribution in [3.05, 3.63) is 46.6 Å². The van der Waals surface area contributed by atoms with Gasteiger partial charge in [0.25, 0.3) is 5.89 Å². The highest BCUT2D eigenvalue weighted by atomic mass is 79.9. The van der Waals surface area contributed by atoms with Crippen molar-refractivity contribution in [3.63, 3.8) is 0 Å². The van der Waals surface area contributed by atoms with E-state index in [0.717, 1.165) is 10.2 Å². The van der Waals surface area contributed by atoms with Crippen molar-refractivity contribution in [2.24, 2.45) is 0 Å². The van der Waals surface area contributed by atoms with Crippen LogP contribution in [0.5, 0.6) is 5.75 Å². The molecular weight excluding hydrogens is 322 g/mol. The van der Waals surface area contributed by atoms with Crippen LogP contribution in [0.4, 0.5) is 0 Å². The van der Waals surface area contributed by atoms with Gasteiger partial charge in [-0.2, -0.15) is 4.98 Å². The number of halogens is 1. The van der Waals surface area contributed by atoms with Crippen LogP contribution in [0.15, 0.2) is 45.4 Å². The second kappa shape index (κ2) is 5.05. The Morgan fingerprint density at radius 3 is 2.75 bits per heavy atom. The van der Waals surface area contributed by atoms with Crippen LogP contribution < -0.4 is 0 Å². The molecule has 5 nitrogen and oxygen atoms in total. The highest BCUT2D eigenvalue weighted by Crippen LogP contribution is 2.31. The largest absolute Gasteiger partial charge is 0.507 e. The minimum atomic E-state index is 0.0757. The number of benzene rings is 1. The zero-order valence-electron chi connectivity index (χ0n) is 10.5. The van der Waals surface area contributed by atoms with E-state index in [1.807, 2.05) is 25.1 Å². The maximum atomic E-state index is 9.90. The van der Waals surface area contributed by atoms with E-state index >= 15 is 0 Å². The van der Waals surface area contributed by atoms with Gasteiger partial charge in [0, 0.05) is 10.2 Å². The molecule has 0 saturated carbocycles. The average molecular weight is 332 g/mol. The zero-order valence-corrected chi connectivity index (χ0v) is 12.1. The van der Waals surface area contributed by atoms with Crippen molar-refractivity contribution in [1.29, 1.82) is 0 Å². The van der Waals surface area contributed by atoms with Crippen molar-refractivity contribution in [1.82, 2.24) is 15.1 Å². The molecule has 0 spiro atoms. The minimum absolute atomic E-state index is 0.0757. The maximum absolute atomic E-state index is 9.90. The Morgan fingerprint density at radius 2 is 2.00 bits per heavy atom. The molecule has 100 valence electrons. The Balaban J connectivity index is 2.02.